The van der Waals surface area contributed by atoms with E-state index in [9.17, 15) is 14.9 Å². The Labute approximate surface area is 246 Å². The summed E-state index contributed by atoms with van der Waals surface area (Å²) in [5.41, 5.74) is 8.27. The molecule has 0 spiro atoms. The van der Waals surface area contributed by atoms with Gasteiger partial charge in [-0.15, -0.1) is 10.2 Å². The van der Waals surface area contributed by atoms with Gasteiger partial charge >= 0.3 is 0 Å². The first-order chi connectivity index (χ1) is 18.8. The number of ketones is 1. The number of hydrogen-bond acceptors (Lipinski definition) is 10. The molecule has 0 fully saturated rings. The molecular formula is C25H18Cl3N7O2S2. The van der Waals surface area contributed by atoms with E-state index in [-0.39, 0.29) is 28.8 Å². The molecule has 5 rings (SSSR count). The molecule has 1 unspecified atom stereocenters. The fourth-order valence-electron chi connectivity index (χ4n) is 4.49. The fourth-order valence-corrected chi connectivity index (χ4v) is 6.90. The molecule has 3 N–H and O–H groups in total. The first-order valence-electron chi connectivity index (χ1n) is 11.6. The van der Waals surface area contributed by atoms with Crippen molar-refractivity contribution in [3.05, 3.63) is 79.8 Å². The lowest BCUT2D eigenvalue weighted by Crippen LogP contribution is -2.38. The molecule has 3 heterocycles. The number of nitrogens with one attached hydrogen (secondary N) is 1. The van der Waals surface area contributed by atoms with Gasteiger partial charge in [-0.1, -0.05) is 64.0 Å². The first kappa shape index (κ1) is 27.4. The van der Waals surface area contributed by atoms with Crippen molar-refractivity contribution in [1.82, 2.24) is 15.2 Å². The van der Waals surface area contributed by atoms with Crippen LogP contribution in [0.25, 0.3) is 0 Å². The van der Waals surface area contributed by atoms with Gasteiger partial charge in [0.1, 0.15) is 11.6 Å². The van der Waals surface area contributed by atoms with Gasteiger partial charge in [-0.25, -0.2) is 4.98 Å². The number of carbonyl (C=O) groups is 2. The Balaban J connectivity index is 1.45. The van der Waals surface area contributed by atoms with E-state index in [2.05, 4.69) is 26.6 Å². The minimum Gasteiger partial charge on any atom is -0.384 e. The highest BCUT2D eigenvalue weighted by atomic mass is 35.5. The van der Waals surface area contributed by atoms with Crippen LogP contribution in [0.15, 0.2) is 63.5 Å². The topological polar surface area (TPSA) is 138 Å². The van der Waals surface area contributed by atoms with Crippen LogP contribution in [-0.4, -0.2) is 32.6 Å². The van der Waals surface area contributed by atoms with Crippen molar-refractivity contribution >= 4 is 80.5 Å². The Morgan fingerprint density at radius 3 is 2.67 bits per heavy atom. The Hall–Kier alpha value is -3.14. The van der Waals surface area contributed by atoms with E-state index < -0.39 is 5.92 Å². The number of carbonyl (C=O) groups excluding carboxylic acids is 2. The highest BCUT2D eigenvalue weighted by Crippen LogP contribution is 2.49. The second kappa shape index (κ2) is 11.5. The van der Waals surface area contributed by atoms with Crippen LogP contribution >= 0.6 is 57.9 Å². The average Bonchev–Trinajstić information content (AvgIpc) is 3.37. The summed E-state index contributed by atoms with van der Waals surface area (Å²) in [6, 6.07) is 10.4. The zero-order chi connectivity index (χ0) is 27.7. The molecule has 0 bridgehead atoms. The minimum atomic E-state index is -0.790. The van der Waals surface area contributed by atoms with E-state index in [1.807, 2.05) is 0 Å². The lowest BCUT2D eigenvalue weighted by atomic mass is 9.75. The Bertz CT molecular complexity index is 1560. The van der Waals surface area contributed by atoms with Crippen LogP contribution in [0.2, 0.25) is 15.1 Å². The molecule has 39 heavy (non-hydrogen) atoms. The normalized spacial score (nSPS) is 17.2. The van der Waals surface area contributed by atoms with Crippen LogP contribution in [-0.2, 0) is 9.59 Å². The van der Waals surface area contributed by atoms with Crippen molar-refractivity contribution in [2.24, 2.45) is 5.73 Å². The number of nitriles is 1. The molecule has 2 aromatic heterocycles. The van der Waals surface area contributed by atoms with Gasteiger partial charge in [0.15, 0.2) is 10.1 Å². The molecule has 1 atom stereocenters. The van der Waals surface area contributed by atoms with E-state index in [0.29, 0.717) is 66.5 Å². The van der Waals surface area contributed by atoms with Gasteiger partial charge in [-0.3, -0.25) is 14.5 Å². The SMILES string of the molecule is N#CC1=C(N)N(c2nnc(SCC(=O)Nc3ccc(Cl)cn3)s2)C2=C(C(=O)CCC2)C1c1c(Cl)cccc1Cl. The molecule has 14 heteroatoms. The molecule has 1 aliphatic carbocycles. The van der Waals surface area contributed by atoms with E-state index >= 15 is 0 Å². The number of anilines is 2. The van der Waals surface area contributed by atoms with Crippen LogP contribution in [0, 0.1) is 11.3 Å². The minimum absolute atomic E-state index is 0.0627. The number of amides is 1. The van der Waals surface area contributed by atoms with Gasteiger partial charge in [0.2, 0.25) is 11.0 Å². The number of nitrogens with two attached hydrogens (primary N) is 1. The highest BCUT2D eigenvalue weighted by molar-refractivity contribution is 8.01. The second-order valence-corrected chi connectivity index (χ2v) is 11.9. The van der Waals surface area contributed by atoms with Gasteiger partial charge in [0, 0.05) is 39.5 Å². The van der Waals surface area contributed by atoms with Crippen molar-refractivity contribution in [2.75, 3.05) is 16.0 Å². The largest absolute Gasteiger partial charge is 0.384 e. The quantitative estimate of drug-likeness (QED) is 0.322. The number of nitrogens with zero attached hydrogens (tertiary/aromatic N) is 5. The summed E-state index contributed by atoms with van der Waals surface area (Å²) in [7, 11) is 0. The maximum Gasteiger partial charge on any atom is 0.235 e. The van der Waals surface area contributed by atoms with Gasteiger partial charge in [-0.2, -0.15) is 5.26 Å². The maximum absolute atomic E-state index is 13.3. The Kier molecular flexibility index (Phi) is 8.11. The van der Waals surface area contributed by atoms with Crippen molar-refractivity contribution < 1.29 is 9.59 Å². The highest BCUT2D eigenvalue weighted by Gasteiger charge is 2.42. The molecule has 2 aliphatic rings. The van der Waals surface area contributed by atoms with Crippen LogP contribution in [0.1, 0.15) is 30.7 Å². The predicted molar refractivity (Wildman–Crippen MR) is 153 cm³/mol. The van der Waals surface area contributed by atoms with Gasteiger partial charge in [0.25, 0.3) is 0 Å². The molecule has 198 valence electrons. The number of benzene rings is 1. The summed E-state index contributed by atoms with van der Waals surface area (Å²) in [6.07, 6.45) is 2.93. The fraction of sp³-hybridized carbons (Fsp3) is 0.200. The standard InChI is InChI=1S/C25H18Cl3N7O2S2/c26-12-7-8-18(31-10-12)32-19(37)11-38-25-34-33-24(39-25)35-16-5-2-6-17(36)22(16)20(13(9-29)23(35)30)21-14(27)3-1-4-15(21)28/h1,3-4,7-8,10,20H,2,5-6,11,30H2,(H,31,32,37). The van der Waals surface area contributed by atoms with Crippen molar-refractivity contribution in [3.63, 3.8) is 0 Å². The molecule has 1 amide bonds. The first-order valence-corrected chi connectivity index (χ1v) is 14.5. The average molecular weight is 619 g/mol. The second-order valence-electron chi connectivity index (χ2n) is 8.50. The number of hydrogen-bond donors (Lipinski definition) is 2. The molecule has 0 saturated carbocycles. The number of thioether (sulfide) groups is 1. The van der Waals surface area contributed by atoms with Gasteiger partial charge in [0.05, 0.1) is 28.3 Å². The van der Waals surface area contributed by atoms with E-state index in [1.165, 1.54) is 29.3 Å². The summed E-state index contributed by atoms with van der Waals surface area (Å²) in [4.78, 5) is 31.3. The lowest BCUT2D eigenvalue weighted by molar-refractivity contribution is -0.116. The summed E-state index contributed by atoms with van der Waals surface area (Å²) in [6.45, 7) is 0. The van der Waals surface area contributed by atoms with Crippen LogP contribution in [0.3, 0.4) is 0 Å². The third kappa shape index (κ3) is 5.48. The predicted octanol–water partition coefficient (Wildman–Crippen LogP) is 5.93. The van der Waals surface area contributed by atoms with E-state index in [1.54, 1.807) is 35.2 Å². The summed E-state index contributed by atoms with van der Waals surface area (Å²) >= 11 is 21.2. The summed E-state index contributed by atoms with van der Waals surface area (Å²) < 4.78 is 0.510. The number of Topliss-reactive ketones (excluding diaryl/α,β-unsaturated/α-hetero) is 1. The van der Waals surface area contributed by atoms with Crippen molar-refractivity contribution in [1.29, 1.82) is 5.26 Å². The van der Waals surface area contributed by atoms with Crippen molar-refractivity contribution in [3.8, 4) is 6.07 Å². The van der Waals surface area contributed by atoms with Gasteiger partial charge in [-0.05, 0) is 37.1 Å². The zero-order valence-corrected chi connectivity index (χ0v) is 23.9. The molecule has 9 nitrogen and oxygen atoms in total. The summed E-state index contributed by atoms with van der Waals surface area (Å²) in [5, 5.41) is 22.9. The summed E-state index contributed by atoms with van der Waals surface area (Å²) in [5.74, 6) is -0.596. The number of rotatable bonds is 6. The van der Waals surface area contributed by atoms with E-state index in [4.69, 9.17) is 40.5 Å². The Morgan fingerprint density at radius 1 is 1.21 bits per heavy atom. The maximum atomic E-state index is 13.3. The molecule has 1 aromatic carbocycles. The molecule has 1 aliphatic heterocycles. The Morgan fingerprint density at radius 2 is 1.97 bits per heavy atom. The van der Waals surface area contributed by atoms with Crippen LogP contribution in [0.4, 0.5) is 10.9 Å². The van der Waals surface area contributed by atoms with E-state index in [0.717, 1.165) is 0 Å². The van der Waals surface area contributed by atoms with Crippen molar-refractivity contribution in [2.45, 2.75) is 29.5 Å². The van der Waals surface area contributed by atoms with Crippen LogP contribution in [0.5, 0.6) is 0 Å². The zero-order valence-electron chi connectivity index (χ0n) is 20.0. The van der Waals surface area contributed by atoms with Crippen LogP contribution < -0.4 is 16.0 Å². The molecular weight excluding hydrogens is 601 g/mol. The third-order valence-corrected chi connectivity index (χ3v) is 9.03. The lowest BCUT2D eigenvalue weighted by Gasteiger charge is -2.38. The molecule has 3 aromatic rings. The molecule has 0 saturated heterocycles. The number of allylic oxidation sites excluding steroid dienone is 3. The molecule has 0 radical (unpaired) electrons. The number of halogens is 3. The third-order valence-electron chi connectivity index (χ3n) is 6.11. The number of aromatic nitrogens is 3. The van der Waals surface area contributed by atoms with Gasteiger partial charge < -0.3 is 11.1 Å². The monoisotopic (exact) mass is 617 g/mol. The smallest absolute Gasteiger partial charge is 0.235 e. The number of pyridine rings is 1.